The molecule has 26 nitrogen and oxygen atoms in total. The van der Waals surface area contributed by atoms with Gasteiger partial charge in [-0.15, -0.1) is 12.4 Å². The lowest BCUT2D eigenvalue weighted by molar-refractivity contribution is -0.120. The summed E-state index contributed by atoms with van der Waals surface area (Å²) in [6, 6.07) is 44.3. The van der Waals surface area contributed by atoms with Crippen molar-refractivity contribution in [1.29, 1.82) is 15.8 Å². The van der Waals surface area contributed by atoms with Crippen molar-refractivity contribution in [2.75, 3.05) is 67.5 Å². The maximum absolute atomic E-state index is 15.5. The van der Waals surface area contributed by atoms with E-state index in [1.54, 1.807) is 116 Å². The summed E-state index contributed by atoms with van der Waals surface area (Å²) >= 11 is 11.8. The summed E-state index contributed by atoms with van der Waals surface area (Å²) in [5, 5.41) is 46.3. The first-order valence-corrected chi connectivity index (χ1v) is 45.9. The van der Waals surface area contributed by atoms with Crippen LogP contribution >= 0.6 is 35.6 Å². The van der Waals surface area contributed by atoms with Crippen molar-refractivity contribution in [3.63, 3.8) is 0 Å². The van der Waals surface area contributed by atoms with Gasteiger partial charge in [0, 0.05) is 66.2 Å². The number of amides is 7. The van der Waals surface area contributed by atoms with E-state index in [2.05, 4.69) is 69.5 Å². The highest BCUT2D eigenvalue weighted by atomic mass is 35.5. The van der Waals surface area contributed by atoms with E-state index in [4.69, 9.17) is 43.1 Å². The first-order valence-electron chi connectivity index (χ1n) is 42.8. The van der Waals surface area contributed by atoms with E-state index >= 15 is 13.2 Å². The summed E-state index contributed by atoms with van der Waals surface area (Å²) in [6.07, 6.45) is 14.0. The lowest BCUT2D eigenvalue weighted by Gasteiger charge is -2.38. The van der Waals surface area contributed by atoms with Crippen LogP contribution in [0.2, 0.25) is 10.0 Å². The molecule has 0 bridgehead atoms. The smallest absolute Gasteiger partial charge is 0.323 e. The van der Waals surface area contributed by atoms with Crippen molar-refractivity contribution >= 4 is 116 Å². The van der Waals surface area contributed by atoms with Gasteiger partial charge in [0.15, 0.2) is 0 Å². The summed E-state index contributed by atoms with van der Waals surface area (Å²) in [4.78, 5) is 77.5. The molecule has 14 rings (SSSR count). The molecule has 129 heavy (non-hydrogen) atoms. The number of hydrogen-bond acceptors (Lipinski definition) is 17. The van der Waals surface area contributed by atoms with E-state index < -0.39 is 114 Å². The van der Waals surface area contributed by atoms with Crippen molar-refractivity contribution in [1.82, 2.24) is 34.5 Å². The van der Waals surface area contributed by atoms with Gasteiger partial charge >= 0.3 is 12.1 Å². The minimum Gasteiger partial charge on any atom is -0.380 e. The minimum atomic E-state index is -1.56. The number of carbonyl (C=O) groups excluding carboxylic acids is 5. The van der Waals surface area contributed by atoms with Crippen LogP contribution in [0.4, 0.5) is 51.5 Å². The molecule has 684 valence electrons. The van der Waals surface area contributed by atoms with E-state index in [1.165, 1.54) is 54.6 Å². The number of nitrogens with two attached hydrogens (primary N) is 1. The third kappa shape index (κ3) is 25.5. The van der Waals surface area contributed by atoms with Gasteiger partial charge in [-0.2, -0.15) is 15.8 Å². The predicted molar refractivity (Wildman–Crippen MR) is 496 cm³/mol. The average Bonchev–Trinajstić information content (AvgIpc) is 1.69. The normalized spacial score (nSPS) is 20.1. The second-order valence-corrected chi connectivity index (χ2v) is 40.3. The van der Waals surface area contributed by atoms with Crippen molar-refractivity contribution in [2.24, 2.45) is 23.5 Å². The maximum atomic E-state index is 15.5. The first kappa shape index (κ1) is 99.3. The SMILES string of the molecule is CO[C@@H]1C[C@H](C(=O)Nc2cc(C(CCC3CC3)(N[S@](=O)C(C)(C)C)c3cccc(C#N)c3)ccc2F)N(C(=O)Nc2ccc(Cl)cn2)C1.CO[C@@H]1C[C@H](C(=O)Nc2cc(C(N)(CCC3CC3)c3cccc(C#N)c3)ccc2F)N(C(=O)Nc2ccc(Cl)cn2)C1.CO[C@H]1CN[C@@H](C(=O)Nc2cc(C(CCC3CC3)(N[S@](=O)C(C)(C)C)c3cccc(C#N)c3)ccc2F)C1.Cl. The van der Waals surface area contributed by atoms with Gasteiger partial charge in [0.2, 0.25) is 17.7 Å². The molecule has 8 aromatic rings. The molecule has 11 atom stereocenters. The maximum Gasteiger partial charge on any atom is 0.323 e. The van der Waals surface area contributed by atoms with Crippen LogP contribution in [0, 0.1) is 69.2 Å². The number of aromatic nitrogens is 2. The fourth-order valence-corrected chi connectivity index (χ4v) is 18.1. The van der Waals surface area contributed by atoms with Crippen LogP contribution in [0.15, 0.2) is 164 Å². The molecular weight excluding hydrogens is 1750 g/mol. The number of nitrogens with one attached hydrogen (secondary N) is 8. The number of pyridine rings is 2. The third-order valence-corrected chi connectivity index (χ3v) is 27.9. The van der Waals surface area contributed by atoms with Crippen molar-refractivity contribution < 1.29 is 59.8 Å². The van der Waals surface area contributed by atoms with Gasteiger partial charge in [0.25, 0.3) is 0 Å². The van der Waals surface area contributed by atoms with Crippen LogP contribution < -0.4 is 47.1 Å². The molecule has 34 heteroatoms. The van der Waals surface area contributed by atoms with Crippen LogP contribution in [-0.2, 0) is 67.2 Å². The van der Waals surface area contributed by atoms with Gasteiger partial charge in [0.05, 0.1) is 134 Å². The van der Waals surface area contributed by atoms with Crippen LogP contribution in [0.5, 0.6) is 0 Å². The molecular formula is C95H110Cl3F3N16O10S2. The fourth-order valence-electron chi connectivity index (χ4n) is 15.9. The zero-order valence-corrected chi connectivity index (χ0v) is 77.4. The van der Waals surface area contributed by atoms with Gasteiger partial charge in [-0.1, -0.05) is 116 Å². The van der Waals surface area contributed by atoms with Crippen molar-refractivity contribution in [3.8, 4) is 18.2 Å². The number of anilines is 5. The minimum absolute atomic E-state index is 0. The number of benzene rings is 6. The Morgan fingerprint density at radius 3 is 1.19 bits per heavy atom. The lowest BCUT2D eigenvalue weighted by Crippen LogP contribution is -2.49. The topological polar surface area (TPSA) is 373 Å². The molecule has 2 aromatic heterocycles. The number of nitrogens with zero attached hydrogens (tertiary/aromatic N) is 7. The van der Waals surface area contributed by atoms with Crippen molar-refractivity contribution in [3.05, 3.63) is 242 Å². The highest BCUT2D eigenvalue weighted by molar-refractivity contribution is 7.84. The number of carbonyl (C=O) groups is 5. The van der Waals surface area contributed by atoms with E-state index in [0.29, 0.717) is 99.0 Å². The number of urea groups is 2. The molecule has 3 saturated heterocycles. The van der Waals surface area contributed by atoms with Crippen LogP contribution in [0.25, 0.3) is 0 Å². The Morgan fingerprint density at radius 2 is 0.829 bits per heavy atom. The Labute approximate surface area is 772 Å². The highest BCUT2D eigenvalue weighted by Gasteiger charge is 2.47. The van der Waals surface area contributed by atoms with Gasteiger partial charge in [-0.05, 0) is 235 Å². The van der Waals surface area contributed by atoms with E-state index in [0.717, 1.165) is 68.9 Å². The first-order chi connectivity index (χ1) is 61.1. The van der Waals surface area contributed by atoms with E-state index in [1.807, 2.05) is 65.8 Å². The van der Waals surface area contributed by atoms with Crippen LogP contribution in [0.1, 0.15) is 188 Å². The number of nitriles is 3. The van der Waals surface area contributed by atoms with Crippen LogP contribution in [-0.4, -0.2) is 145 Å². The Kier molecular flexibility index (Phi) is 33.6. The Morgan fingerprint density at radius 1 is 0.481 bits per heavy atom. The number of likely N-dealkylation sites (tertiary alicyclic amines) is 2. The number of hydrogen-bond donors (Lipinski definition) is 9. The monoisotopic (exact) mass is 1860 g/mol. The zero-order chi connectivity index (χ0) is 92.0. The molecule has 3 saturated carbocycles. The molecule has 6 aromatic carbocycles. The number of ether oxygens (including phenoxy) is 3. The van der Waals surface area contributed by atoms with Crippen molar-refractivity contribution in [2.45, 2.75) is 200 Å². The number of halogens is 6. The molecule has 3 unspecified atom stereocenters. The Bertz CT molecular complexity index is 5540. The second kappa shape index (κ2) is 43.6. The molecule has 0 spiro atoms. The number of rotatable bonds is 30. The molecule has 6 fully saturated rings. The van der Waals surface area contributed by atoms with Gasteiger partial charge in [0.1, 0.15) is 41.2 Å². The molecule has 6 aliphatic rings. The Balaban J connectivity index is 0.000000188. The van der Waals surface area contributed by atoms with Gasteiger partial charge in [-0.25, -0.2) is 50.6 Å². The summed E-state index contributed by atoms with van der Waals surface area (Å²) in [5.74, 6) is -1.11. The van der Waals surface area contributed by atoms with Gasteiger partial charge < -0.3 is 51.0 Å². The van der Waals surface area contributed by atoms with E-state index in [9.17, 15) is 48.2 Å². The highest BCUT2D eigenvalue weighted by Crippen LogP contribution is 2.47. The molecule has 7 amide bonds. The second-order valence-electron chi connectivity index (χ2n) is 35.5. The summed E-state index contributed by atoms with van der Waals surface area (Å²) < 4.78 is 95.0. The largest absolute Gasteiger partial charge is 0.380 e. The lowest BCUT2D eigenvalue weighted by atomic mass is 9.79. The molecule has 5 heterocycles. The molecule has 3 aliphatic heterocycles. The summed E-state index contributed by atoms with van der Waals surface area (Å²) in [6.45, 7) is 12.1. The Hall–Kier alpha value is -10.3. The van der Waals surface area contributed by atoms with Gasteiger partial charge in [-0.3, -0.25) is 25.0 Å². The summed E-state index contributed by atoms with van der Waals surface area (Å²) in [5.41, 5.74) is 9.42. The quantitative estimate of drug-likeness (QED) is 0.0202. The average molecular weight is 1860 g/mol. The molecule has 10 N–H and O–H groups in total. The summed E-state index contributed by atoms with van der Waals surface area (Å²) in [7, 11) is 1.58. The fraction of sp³-hybridized carbons (Fsp3) is 0.432. The number of methoxy groups -OCH3 is 3. The predicted octanol–water partition coefficient (Wildman–Crippen LogP) is 16.8. The zero-order valence-electron chi connectivity index (χ0n) is 73.4. The third-order valence-electron chi connectivity index (χ3n) is 24.2. The molecule has 3 aliphatic carbocycles. The van der Waals surface area contributed by atoms with Crippen LogP contribution in [0.3, 0.4) is 0 Å². The van der Waals surface area contributed by atoms with E-state index in [-0.39, 0.29) is 85.2 Å². The molecule has 0 radical (unpaired) electrons. The standard InChI is InChI=1S/C35H40ClFN6O4S.C31H32ClFN6O3.C29H37FN4O3S.ClH/c1-34(2,3)48(46)42-35(15-14-22-8-9-22,24-7-5-6-23(16-24)19-38)25-10-12-28(37)29(17-25)40-32(44)30-18-27(47-4)21-43(30)33(45)41-31-13-11-26(36)20-39-31;1-42-24-15-27(39(18-24)30(41)38-28-10-8-23(32)17-36-28)29(40)37-26-14-22(7-9-25(26)33)31(35,12-11-19-5-6-19)21-4-2-3-20(13-21)16-34;1-28(2,3)38(36)34-29(13-12-19-8-9-19,21-7-5-6-20(14-21)17-31)22-10-11-24(30)25(15-22)33-27(35)26-16-23(37-4)18-32-26;/h5-7,10-13,16-17,20,22,27,30,42H,8-9,14-15,18,21H2,1-4H3,(H,40,44)(H,39,41,45);2-4,7-10,13-14,17,19,24,27H,5-6,11-12,15,18,35H2,1H3,(H,37,40)(H,36,38,41);5-7,10-11,14-15,19,23,26,32,34H,8-9,12-13,16,18H2,1-4H3,(H,33,35);1H/t27-,30-,35?,48-;24-,27-,31?;23-,26-,29?,38-;/m111./s1.